The van der Waals surface area contributed by atoms with E-state index in [1.165, 1.54) is 17.7 Å². The van der Waals surface area contributed by atoms with Gasteiger partial charge in [0.1, 0.15) is 5.75 Å². The van der Waals surface area contributed by atoms with Crippen molar-refractivity contribution in [1.29, 1.82) is 0 Å². The van der Waals surface area contributed by atoms with E-state index in [0.29, 0.717) is 10.9 Å². The van der Waals surface area contributed by atoms with Crippen LogP contribution in [0.5, 0.6) is 5.75 Å². The second-order valence-electron chi connectivity index (χ2n) is 6.32. The molecule has 1 aliphatic carbocycles. The normalized spacial score (nSPS) is 13.1. The zero-order valence-electron chi connectivity index (χ0n) is 14.4. The van der Waals surface area contributed by atoms with Gasteiger partial charge in [-0.05, 0) is 48.9 Å². The number of amides is 1. The van der Waals surface area contributed by atoms with E-state index in [0.717, 1.165) is 29.7 Å². The van der Waals surface area contributed by atoms with Gasteiger partial charge in [-0.1, -0.05) is 42.5 Å². The van der Waals surface area contributed by atoms with E-state index in [2.05, 4.69) is 22.4 Å². The van der Waals surface area contributed by atoms with Crippen molar-refractivity contribution in [1.82, 2.24) is 4.98 Å². The van der Waals surface area contributed by atoms with Gasteiger partial charge >= 0.3 is 0 Å². The molecule has 0 saturated carbocycles. The number of carbonyl (C=O) groups excluding carboxylic acids is 1. The average Bonchev–Trinajstić information content (AvgIpc) is 3.09. The largest absolute Gasteiger partial charge is 0.484 e. The molecule has 132 valence electrons. The topological polar surface area (TPSA) is 51.2 Å². The minimum absolute atomic E-state index is 0.0189. The molecule has 1 aromatic heterocycles. The molecule has 0 radical (unpaired) electrons. The fourth-order valence-electron chi connectivity index (χ4n) is 3.08. The number of aromatic nitrogens is 1. The first-order valence-electron chi connectivity index (χ1n) is 8.85. The van der Waals surface area contributed by atoms with Crippen molar-refractivity contribution in [3.63, 3.8) is 0 Å². The Morgan fingerprint density at radius 3 is 2.50 bits per heavy atom. The van der Waals surface area contributed by atoms with E-state index in [1.54, 1.807) is 11.3 Å². The van der Waals surface area contributed by atoms with Gasteiger partial charge in [0.15, 0.2) is 11.7 Å². The molecule has 0 fully saturated rings. The SMILES string of the molecule is O=C(COc1ccc(-c2ccccc2)cc1)Nc1nc2c(s1)CCCC2. The summed E-state index contributed by atoms with van der Waals surface area (Å²) < 4.78 is 5.60. The summed E-state index contributed by atoms with van der Waals surface area (Å²) >= 11 is 1.59. The van der Waals surface area contributed by atoms with Crippen molar-refractivity contribution in [2.75, 3.05) is 11.9 Å². The highest BCUT2D eigenvalue weighted by atomic mass is 32.1. The van der Waals surface area contributed by atoms with Gasteiger partial charge in [-0.2, -0.15) is 0 Å². The van der Waals surface area contributed by atoms with Crippen LogP contribution >= 0.6 is 11.3 Å². The van der Waals surface area contributed by atoms with E-state index in [4.69, 9.17) is 4.74 Å². The number of anilines is 1. The standard InChI is InChI=1S/C21H20N2O2S/c24-20(23-21-22-18-8-4-5-9-19(18)26-21)14-25-17-12-10-16(11-13-17)15-6-2-1-3-7-15/h1-3,6-7,10-13H,4-5,8-9,14H2,(H,22,23,24). The van der Waals surface area contributed by atoms with E-state index >= 15 is 0 Å². The predicted octanol–water partition coefficient (Wildman–Crippen LogP) is 4.71. The zero-order valence-corrected chi connectivity index (χ0v) is 15.2. The summed E-state index contributed by atoms with van der Waals surface area (Å²) in [6, 6.07) is 17.9. The number of thiazole rings is 1. The van der Waals surface area contributed by atoms with Crippen LogP contribution in [0.1, 0.15) is 23.4 Å². The molecule has 1 N–H and O–H groups in total. The first kappa shape index (κ1) is 16.8. The van der Waals surface area contributed by atoms with Crippen LogP contribution < -0.4 is 10.1 Å². The lowest BCUT2D eigenvalue weighted by Gasteiger charge is -2.07. The van der Waals surface area contributed by atoms with Gasteiger partial charge < -0.3 is 4.74 Å². The number of hydrogen-bond acceptors (Lipinski definition) is 4. The monoisotopic (exact) mass is 364 g/mol. The summed E-state index contributed by atoms with van der Waals surface area (Å²) in [4.78, 5) is 17.9. The van der Waals surface area contributed by atoms with E-state index in [1.807, 2.05) is 42.5 Å². The Morgan fingerprint density at radius 2 is 1.73 bits per heavy atom. The molecule has 1 amide bonds. The third-order valence-corrected chi connectivity index (χ3v) is 5.50. The van der Waals surface area contributed by atoms with Crippen molar-refractivity contribution in [2.24, 2.45) is 0 Å². The molecule has 1 aliphatic rings. The number of rotatable bonds is 5. The molecule has 3 aromatic rings. The van der Waals surface area contributed by atoms with Crippen LogP contribution in [-0.2, 0) is 17.6 Å². The first-order valence-corrected chi connectivity index (χ1v) is 9.66. The van der Waals surface area contributed by atoms with Gasteiger partial charge in [0.2, 0.25) is 0 Å². The predicted molar refractivity (Wildman–Crippen MR) is 105 cm³/mol. The first-order chi connectivity index (χ1) is 12.8. The molecule has 0 bridgehead atoms. The summed E-state index contributed by atoms with van der Waals surface area (Å²) in [7, 11) is 0. The summed E-state index contributed by atoms with van der Waals surface area (Å²) in [5, 5.41) is 3.54. The highest BCUT2D eigenvalue weighted by molar-refractivity contribution is 7.15. The van der Waals surface area contributed by atoms with Crippen LogP contribution in [-0.4, -0.2) is 17.5 Å². The number of benzene rings is 2. The van der Waals surface area contributed by atoms with Crippen LogP contribution in [0.2, 0.25) is 0 Å². The quantitative estimate of drug-likeness (QED) is 0.713. The molecular weight excluding hydrogens is 344 g/mol. The maximum absolute atomic E-state index is 12.1. The van der Waals surface area contributed by atoms with Crippen molar-refractivity contribution < 1.29 is 9.53 Å². The van der Waals surface area contributed by atoms with Gasteiger partial charge in [0.25, 0.3) is 5.91 Å². The van der Waals surface area contributed by atoms with Gasteiger partial charge in [0.05, 0.1) is 5.69 Å². The molecule has 0 unspecified atom stereocenters. The van der Waals surface area contributed by atoms with Crippen LogP contribution in [0.25, 0.3) is 11.1 Å². The Kier molecular flexibility index (Phi) is 4.97. The van der Waals surface area contributed by atoms with Gasteiger partial charge in [-0.15, -0.1) is 11.3 Å². The van der Waals surface area contributed by atoms with Crippen molar-refractivity contribution in [3.8, 4) is 16.9 Å². The van der Waals surface area contributed by atoms with Crippen LogP contribution in [0.15, 0.2) is 54.6 Å². The van der Waals surface area contributed by atoms with E-state index in [-0.39, 0.29) is 12.5 Å². The van der Waals surface area contributed by atoms with E-state index in [9.17, 15) is 4.79 Å². The molecule has 4 rings (SSSR count). The minimum atomic E-state index is -0.178. The maximum atomic E-state index is 12.1. The Hall–Kier alpha value is -2.66. The second-order valence-corrected chi connectivity index (χ2v) is 7.41. The number of carbonyl (C=O) groups is 1. The molecule has 0 aliphatic heterocycles. The molecule has 0 saturated heterocycles. The summed E-state index contributed by atoms with van der Waals surface area (Å²) in [5.41, 5.74) is 3.43. The number of aryl methyl sites for hydroxylation is 2. The van der Waals surface area contributed by atoms with Crippen molar-refractivity contribution in [2.45, 2.75) is 25.7 Å². The molecule has 5 heteroatoms. The average molecular weight is 364 g/mol. The Balaban J connectivity index is 1.32. The fourth-order valence-corrected chi connectivity index (χ4v) is 4.15. The zero-order chi connectivity index (χ0) is 17.8. The van der Waals surface area contributed by atoms with Gasteiger partial charge in [-0.3, -0.25) is 10.1 Å². The van der Waals surface area contributed by atoms with Crippen LogP contribution in [0.4, 0.5) is 5.13 Å². The molecule has 26 heavy (non-hydrogen) atoms. The van der Waals surface area contributed by atoms with Crippen LogP contribution in [0.3, 0.4) is 0 Å². The highest BCUT2D eigenvalue weighted by Gasteiger charge is 2.16. The Bertz CT molecular complexity index is 865. The Morgan fingerprint density at radius 1 is 1.00 bits per heavy atom. The second kappa shape index (κ2) is 7.70. The molecular formula is C21H20N2O2S. The summed E-state index contributed by atoms with van der Waals surface area (Å²) in [5.74, 6) is 0.501. The number of nitrogens with one attached hydrogen (secondary N) is 1. The number of fused-ring (bicyclic) bond motifs is 1. The molecule has 1 heterocycles. The molecule has 0 atom stereocenters. The number of ether oxygens (including phenoxy) is 1. The third kappa shape index (κ3) is 3.94. The molecule has 2 aromatic carbocycles. The fraction of sp³-hybridized carbons (Fsp3) is 0.238. The summed E-state index contributed by atoms with van der Waals surface area (Å²) in [6.45, 7) is -0.0189. The van der Waals surface area contributed by atoms with Crippen molar-refractivity contribution >= 4 is 22.4 Å². The minimum Gasteiger partial charge on any atom is -0.484 e. The van der Waals surface area contributed by atoms with E-state index < -0.39 is 0 Å². The third-order valence-electron chi connectivity index (χ3n) is 4.42. The Labute approximate surface area is 156 Å². The summed E-state index contributed by atoms with van der Waals surface area (Å²) in [6.07, 6.45) is 4.50. The number of nitrogens with zero attached hydrogens (tertiary/aromatic N) is 1. The van der Waals surface area contributed by atoms with Crippen molar-refractivity contribution in [3.05, 3.63) is 65.2 Å². The van der Waals surface area contributed by atoms with Crippen LogP contribution in [0, 0.1) is 0 Å². The number of hydrogen-bond donors (Lipinski definition) is 1. The van der Waals surface area contributed by atoms with Gasteiger partial charge in [-0.25, -0.2) is 4.98 Å². The van der Waals surface area contributed by atoms with Gasteiger partial charge in [0, 0.05) is 4.88 Å². The lowest BCUT2D eigenvalue weighted by atomic mass is 10.0. The molecule has 4 nitrogen and oxygen atoms in total. The maximum Gasteiger partial charge on any atom is 0.264 e. The smallest absolute Gasteiger partial charge is 0.264 e. The lowest BCUT2D eigenvalue weighted by molar-refractivity contribution is -0.118. The lowest BCUT2D eigenvalue weighted by Crippen LogP contribution is -2.20. The highest BCUT2D eigenvalue weighted by Crippen LogP contribution is 2.29. The molecule has 0 spiro atoms.